The Hall–Kier alpha value is -0.410. The molecular formula is C12H15BrFN. The van der Waals surface area contributed by atoms with Gasteiger partial charge in [-0.05, 0) is 37.5 Å². The zero-order valence-corrected chi connectivity index (χ0v) is 10.3. The molecule has 1 heterocycles. The number of rotatable bonds is 1. The van der Waals surface area contributed by atoms with Crippen molar-refractivity contribution in [1.82, 2.24) is 5.32 Å². The Morgan fingerprint density at radius 3 is 2.60 bits per heavy atom. The lowest BCUT2D eigenvalue weighted by molar-refractivity contribution is 0.125. The second kappa shape index (κ2) is 4.22. The molecule has 1 aromatic rings. The minimum atomic E-state index is -1.04. The van der Waals surface area contributed by atoms with E-state index in [1.807, 2.05) is 12.1 Å². The van der Waals surface area contributed by atoms with Crippen molar-refractivity contribution < 1.29 is 4.39 Å². The number of piperidine rings is 1. The molecule has 2 unspecified atom stereocenters. The Labute approximate surface area is 98.2 Å². The second-order valence-corrected chi connectivity index (χ2v) is 5.35. The Balaban J connectivity index is 2.04. The number of hydrogen-bond acceptors (Lipinski definition) is 1. The third-order valence-corrected chi connectivity index (χ3v) is 3.47. The van der Waals surface area contributed by atoms with Crippen LogP contribution in [0.2, 0.25) is 0 Å². The van der Waals surface area contributed by atoms with Gasteiger partial charge in [0.25, 0.3) is 0 Å². The summed E-state index contributed by atoms with van der Waals surface area (Å²) in [6, 6.07) is 8.54. The summed E-state index contributed by atoms with van der Waals surface area (Å²) >= 11 is 3.41. The third kappa shape index (κ3) is 2.79. The number of halogens is 2. The van der Waals surface area contributed by atoms with Crippen LogP contribution in [-0.4, -0.2) is 12.2 Å². The fraction of sp³-hybridized carbons (Fsp3) is 0.500. The number of benzene rings is 1. The van der Waals surface area contributed by atoms with E-state index in [1.165, 1.54) is 5.56 Å². The first-order chi connectivity index (χ1) is 7.07. The fourth-order valence-corrected chi connectivity index (χ4v) is 2.22. The van der Waals surface area contributed by atoms with Crippen LogP contribution in [0.4, 0.5) is 4.39 Å². The van der Waals surface area contributed by atoms with Gasteiger partial charge in [-0.25, -0.2) is 4.39 Å². The zero-order valence-electron chi connectivity index (χ0n) is 8.76. The lowest BCUT2D eigenvalue weighted by Gasteiger charge is -2.32. The summed E-state index contributed by atoms with van der Waals surface area (Å²) in [7, 11) is 0. The molecule has 1 saturated heterocycles. The molecule has 0 amide bonds. The van der Waals surface area contributed by atoms with Crippen molar-refractivity contribution in [3.63, 3.8) is 0 Å². The summed E-state index contributed by atoms with van der Waals surface area (Å²) < 4.78 is 14.6. The van der Waals surface area contributed by atoms with E-state index in [0.717, 1.165) is 10.9 Å². The molecule has 0 aliphatic carbocycles. The lowest BCUT2D eigenvalue weighted by atomic mass is 9.90. The Bertz CT molecular complexity index is 324. The normalized spacial score (nSPS) is 31.5. The summed E-state index contributed by atoms with van der Waals surface area (Å²) in [6.45, 7) is 2.12. The van der Waals surface area contributed by atoms with Gasteiger partial charge in [-0.15, -0.1) is 0 Å². The molecule has 0 saturated carbocycles. The monoisotopic (exact) mass is 271 g/mol. The van der Waals surface area contributed by atoms with Gasteiger partial charge in [0, 0.05) is 17.1 Å². The minimum absolute atomic E-state index is 0.307. The van der Waals surface area contributed by atoms with Gasteiger partial charge < -0.3 is 5.32 Å². The van der Waals surface area contributed by atoms with Gasteiger partial charge in [-0.1, -0.05) is 28.1 Å². The molecule has 0 spiro atoms. The van der Waals surface area contributed by atoms with Gasteiger partial charge in [0.1, 0.15) is 5.67 Å². The van der Waals surface area contributed by atoms with Gasteiger partial charge >= 0.3 is 0 Å². The van der Waals surface area contributed by atoms with Crippen molar-refractivity contribution in [1.29, 1.82) is 0 Å². The predicted octanol–water partition coefficient (Wildman–Crippen LogP) is 3.60. The second-order valence-electron chi connectivity index (χ2n) is 4.44. The first-order valence-corrected chi connectivity index (χ1v) is 6.04. The van der Waals surface area contributed by atoms with Gasteiger partial charge in [-0.2, -0.15) is 0 Å². The Morgan fingerprint density at radius 1 is 1.40 bits per heavy atom. The van der Waals surface area contributed by atoms with E-state index in [0.29, 0.717) is 19.0 Å². The smallest absolute Gasteiger partial charge is 0.120 e. The van der Waals surface area contributed by atoms with Crippen molar-refractivity contribution in [2.24, 2.45) is 0 Å². The third-order valence-electron chi connectivity index (χ3n) is 2.94. The van der Waals surface area contributed by atoms with Crippen LogP contribution in [0, 0.1) is 0 Å². The molecule has 1 aromatic carbocycles. The van der Waals surface area contributed by atoms with Crippen LogP contribution >= 0.6 is 15.9 Å². The van der Waals surface area contributed by atoms with Crippen LogP contribution < -0.4 is 5.32 Å². The van der Waals surface area contributed by atoms with E-state index in [1.54, 1.807) is 6.92 Å². The van der Waals surface area contributed by atoms with E-state index in [-0.39, 0.29) is 0 Å². The summed E-state index contributed by atoms with van der Waals surface area (Å²) in [5.41, 5.74) is 0.208. The molecule has 15 heavy (non-hydrogen) atoms. The average Bonchev–Trinajstić information content (AvgIpc) is 2.20. The number of nitrogens with one attached hydrogen (secondary N) is 1. The molecular weight excluding hydrogens is 257 g/mol. The van der Waals surface area contributed by atoms with Crippen molar-refractivity contribution >= 4 is 15.9 Å². The zero-order chi connectivity index (χ0) is 10.9. The maximum absolute atomic E-state index is 13.6. The highest BCUT2D eigenvalue weighted by Gasteiger charge is 2.30. The average molecular weight is 272 g/mol. The number of alkyl halides is 1. The molecule has 1 aliphatic heterocycles. The van der Waals surface area contributed by atoms with E-state index in [2.05, 4.69) is 33.4 Å². The van der Waals surface area contributed by atoms with Crippen molar-refractivity contribution in [3.8, 4) is 0 Å². The Morgan fingerprint density at radius 2 is 2.07 bits per heavy atom. The Kier molecular flexibility index (Phi) is 3.12. The minimum Gasteiger partial charge on any atom is -0.307 e. The molecule has 2 atom stereocenters. The SMILES string of the molecule is CC1(F)CCC(c2ccc(Br)cc2)NC1. The van der Waals surface area contributed by atoms with Crippen LogP contribution in [0.3, 0.4) is 0 Å². The van der Waals surface area contributed by atoms with Crippen molar-refractivity contribution in [2.45, 2.75) is 31.5 Å². The molecule has 82 valence electrons. The lowest BCUT2D eigenvalue weighted by Crippen LogP contribution is -2.41. The van der Waals surface area contributed by atoms with E-state index in [4.69, 9.17) is 0 Å². The molecule has 0 radical (unpaired) electrons. The van der Waals surface area contributed by atoms with Gasteiger partial charge in [0.05, 0.1) is 0 Å². The standard InChI is InChI=1S/C12H15BrFN/c1-12(14)7-6-11(15-8-12)9-2-4-10(13)5-3-9/h2-5,11,15H,6-8H2,1H3. The van der Waals surface area contributed by atoms with Crippen LogP contribution in [0.25, 0.3) is 0 Å². The van der Waals surface area contributed by atoms with Crippen LogP contribution in [0.1, 0.15) is 31.4 Å². The van der Waals surface area contributed by atoms with Gasteiger partial charge in [0.15, 0.2) is 0 Å². The highest BCUT2D eigenvalue weighted by molar-refractivity contribution is 9.10. The van der Waals surface area contributed by atoms with Crippen LogP contribution in [-0.2, 0) is 0 Å². The molecule has 2 rings (SSSR count). The maximum atomic E-state index is 13.6. The van der Waals surface area contributed by atoms with E-state index < -0.39 is 5.67 Å². The van der Waals surface area contributed by atoms with Gasteiger partial charge in [0.2, 0.25) is 0 Å². The van der Waals surface area contributed by atoms with Crippen molar-refractivity contribution in [2.75, 3.05) is 6.54 Å². The van der Waals surface area contributed by atoms with Crippen LogP contribution in [0.5, 0.6) is 0 Å². The number of hydrogen-bond donors (Lipinski definition) is 1. The first kappa shape index (κ1) is 11.1. The maximum Gasteiger partial charge on any atom is 0.120 e. The first-order valence-electron chi connectivity index (χ1n) is 5.25. The molecule has 1 aliphatic rings. The van der Waals surface area contributed by atoms with Crippen LogP contribution in [0.15, 0.2) is 28.7 Å². The van der Waals surface area contributed by atoms with Crippen molar-refractivity contribution in [3.05, 3.63) is 34.3 Å². The molecule has 1 nitrogen and oxygen atoms in total. The summed E-state index contributed by atoms with van der Waals surface area (Å²) in [5, 5.41) is 3.25. The highest BCUT2D eigenvalue weighted by Crippen LogP contribution is 2.30. The highest BCUT2D eigenvalue weighted by atomic mass is 79.9. The molecule has 3 heteroatoms. The topological polar surface area (TPSA) is 12.0 Å². The molecule has 1 fully saturated rings. The summed E-state index contributed by atoms with van der Waals surface area (Å²) in [4.78, 5) is 0. The molecule has 0 bridgehead atoms. The summed E-state index contributed by atoms with van der Waals surface area (Å²) in [6.07, 6.45) is 1.51. The largest absolute Gasteiger partial charge is 0.307 e. The fourth-order valence-electron chi connectivity index (χ4n) is 1.95. The molecule has 0 aromatic heterocycles. The van der Waals surface area contributed by atoms with Gasteiger partial charge in [-0.3, -0.25) is 0 Å². The summed E-state index contributed by atoms with van der Waals surface area (Å²) in [5.74, 6) is 0. The quantitative estimate of drug-likeness (QED) is 0.823. The van der Waals surface area contributed by atoms with E-state index in [9.17, 15) is 4.39 Å². The predicted molar refractivity (Wildman–Crippen MR) is 63.6 cm³/mol. The molecule has 1 N–H and O–H groups in total. The van der Waals surface area contributed by atoms with E-state index >= 15 is 0 Å².